The summed E-state index contributed by atoms with van der Waals surface area (Å²) in [4.78, 5) is 24.5. The zero-order valence-corrected chi connectivity index (χ0v) is 12.5. The van der Waals surface area contributed by atoms with Crippen molar-refractivity contribution < 1.29 is 23.0 Å². The molecule has 1 saturated carbocycles. The third-order valence-corrected chi connectivity index (χ3v) is 3.76. The van der Waals surface area contributed by atoms with E-state index in [9.17, 15) is 18.4 Å². The highest BCUT2D eigenvalue weighted by Gasteiger charge is 2.27. The zero-order chi connectivity index (χ0) is 16.6. The van der Waals surface area contributed by atoms with Crippen LogP contribution >= 0.6 is 0 Å². The van der Waals surface area contributed by atoms with E-state index in [1.807, 2.05) is 0 Å². The van der Waals surface area contributed by atoms with E-state index in [2.05, 4.69) is 0 Å². The fourth-order valence-corrected chi connectivity index (χ4v) is 2.44. The van der Waals surface area contributed by atoms with Crippen LogP contribution < -0.4 is 5.43 Å². The summed E-state index contributed by atoms with van der Waals surface area (Å²) in [7, 11) is 1.46. The molecule has 122 valence electrons. The van der Waals surface area contributed by atoms with E-state index in [4.69, 9.17) is 9.47 Å². The van der Waals surface area contributed by atoms with Crippen LogP contribution in [-0.2, 0) is 9.47 Å². The number of rotatable bonds is 5. The lowest BCUT2D eigenvalue weighted by molar-refractivity contribution is 0.0386. The first-order valence-electron chi connectivity index (χ1n) is 7.23. The number of ether oxygens (including phenoxy) is 2. The van der Waals surface area contributed by atoms with Gasteiger partial charge in [0.25, 0.3) is 0 Å². The SMILES string of the molecule is COCCOC(=O)c1cn(C2CC2)c2cc(F)c(F)cc2c1=O. The lowest BCUT2D eigenvalue weighted by Crippen LogP contribution is -2.22. The quantitative estimate of drug-likeness (QED) is 0.626. The topological polar surface area (TPSA) is 57.5 Å². The Hall–Kier alpha value is -2.28. The van der Waals surface area contributed by atoms with Gasteiger partial charge in [0, 0.05) is 30.8 Å². The molecule has 0 aliphatic heterocycles. The van der Waals surface area contributed by atoms with Crippen LogP contribution in [0.3, 0.4) is 0 Å². The minimum Gasteiger partial charge on any atom is -0.460 e. The second-order valence-electron chi connectivity index (χ2n) is 5.42. The number of aromatic nitrogens is 1. The number of hydrogen-bond donors (Lipinski definition) is 0. The Morgan fingerprint density at radius 3 is 2.61 bits per heavy atom. The molecule has 1 aliphatic carbocycles. The summed E-state index contributed by atoms with van der Waals surface area (Å²) in [5.41, 5.74) is -0.574. The van der Waals surface area contributed by atoms with Crippen molar-refractivity contribution in [1.29, 1.82) is 0 Å². The predicted octanol–water partition coefficient (Wildman–Crippen LogP) is 2.42. The number of benzene rings is 1. The number of nitrogens with zero attached hydrogens (tertiary/aromatic N) is 1. The number of carbonyl (C=O) groups excluding carboxylic acids is 1. The molecule has 2 aromatic rings. The van der Waals surface area contributed by atoms with E-state index in [0.29, 0.717) is 0 Å². The molecule has 1 aromatic carbocycles. The zero-order valence-electron chi connectivity index (χ0n) is 12.5. The van der Waals surface area contributed by atoms with Gasteiger partial charge in [0.15, 0.2) is 11.6 Å². The lowest BCUT2D eigenvalue weighted by atomic mass is 10.1. The Labute approximate surface area is 130 Å². The molecule has 0 spiro atoms. The van der Waals surface area contributed by atoms with E-state index in [1.165, 1.54) is 13.3 Å². The van der Waals surface area contributed by atoms with E-state index in [-0.39, 0.29) is 35.7 Å². The maximum Gasteiger partial charge on any atom is 0.343 e. The predicted molar refractivity (Wildman–Crippen MR) is 78.6 cm³/mol. The van der Waals surface area contributed by atoms with Crippen LogP contribution in [0.2, 0.25) is 0 Å². The molecule has 0 bridgehead atoms. The summed E-state index contributed by atoms with van der Waals surface area (Å²) in [6.45, 7) is 0.212. The van der Waals surface area contributed by atoms with Crippen LogP contribution in [0.1, 0.15) is 29.2 Å². The van der Waals surface area contributed by atoms with Gasteiger partial charge < -0.3 is 14.0 Å². The third-order valence-electron chi connectivity index (χ3n) is 3.76. The average molecular weight is 323 g/mol. The summed E-state index contributed by atoms with van der Waals surface area (Å²) in [6, 6.07) is 1.90. The molecule has 1 aliphatic rings. The van der Waals surface area contributed by atoms with Gasteiger partial charge in [-0.25, -0.2) is 13.6 Å². The Kier molecular flexibility index (Phi) is 4.12. The van der Waals surface area contributed by atoms with E-state index < -0.39 is 23.0 Å². The van der Waals surface area contributed by atoms with Crippen molar-refractivity contribution in [2.45, 2.75) is 18.9 Å². The Morgan fingerprint density at radius 2 is 1.96 bits per heavy atom. The van der Waals surface area contributed by atoms with Crippen LogP contribution in [-0.4, -0.2) is 30.9 Å². The number of hydrogen-bond acceptors (Lipinski definition) is 4. The minimum atomic E-state index is -1.12. The summed E-state index contributed by atoms with van der Waals surface area (Å²) >= 11 is 0. The van der Waals surface area contributed by atoms with Crippen molar-refractivity contribution in [2.24, 2.45) is 0 Å². The van der Waals surface area contributed by atoms with Gasteiger partial charge in [-0.15, -0.1) is 0 Å². The monoisotopic (exact) mass is 323 g/mol. The maximum atomic E-state index is 13.5. The van der Waals surface area contributed by atoms with Gasteiger partial charge in [0.2, 0.25) is 5.43 Å². The van der Waals surface area contributed by atoms with Gasteiger partial charge >= 0.3 is 5.97 Å². The molecule has 0 unspecified atom stereocenters. The molecule has 0 N–H and O–H groups in total. The molecule has 0 atom stereocenters. The lowest BCUT2D eigenvalue weighted by Gasteiger charge is -2.13. The highest BCUT2D eigenvalue weighted by molar-refractivity contribution is 5.93. The normalized spacial score (nSPS) is 14.2. The molecule has 23 heavy (non-hydrogen) atoms. The fraction of sp³-hybridized carbons (Fsp3) is 0.375. The second-order valence-corrected chi connectivity index (χ2v) is 5.42. The van der Waals surface area contributed by atoms with Crippen molar-refractivity contribution in [2.75, 3.05) is 20.3 Å². The molecule has 0 amide bonds. The highest BCUT2D eigenvalue weighted by Crippen LogP contribution is 2.37. The first kappa shape index (κ1) is 15.6. The van der Waals surface area contributed by atoms with E-state index in [0.717, 1.165) is 25.0 Å². The van der Waals surface area contributed by atoms with Gasteiger partial charge in [0.1, 0.15) is 12.2 Å². The molecular weight excluding hydrogens is 308 g/mol. The number of carbonyl (C=O) groups is 1. The summed E-state index contributed by atoms with van der Waals surface area (Å²) in [5, 5.41) is -0.0306. The van der Waals surface area contributed by atoms with E-state index >= 15 is 0 Å². The molecule has 7 heteroatoms. The summed E-state index contributed by atoms with van der Waals surface area (Å²) < 4.78 is 38.4. The molecule has 1 fully saturated rings. The Balaban J connectivity index is 2.12. The maximum absolute atomic E-state index is 13.5. The first-order valence-corrected chi connectivity index (χ1v) is 7.23. The molecule has 0 radical (unpaired) electrons. The van der Waals surface area contributed by atoms with Crippen molar-refractivity contribution in [3.8, 4) is 0 Å². The molecule has 1 aromatic heterocycles. The Bertz CT molecular complexity index is 827. The van der Waals surface area contributed by atoms with Crippen molar-refractivity contribution in [3.63, 3.8) is 0 Å². The van der Waals surface area contributed by atoms with Crippen molar-refractivity contribution in [3.05, 3.63) is 45.8 Å². The van der Waals surface area contributed by atoms with Gasteiger partial charge in [-0.1, -0.05) is 0 Å². The third kappa shape index (κ3) is 2.96. The molecular formula is C16H15F2NO4. The molecule has 1 heterocycles. The van der Waals surface area contributed by atoms with Gasteiger partial charge in [0.05, 0.1) is 12.1 Å². The fourth-order valence-electron chi connectivity index (χ4n) is 2.44. The largest absolute Gasteiger partial charge is 0.460 e. The minimum absolute atomic E-state index is 0.00795. The van der Waals surface area contributed by atoms with Crippen LogP contribution in [0.5, 0.6) is 0 Å². The second kappa shape index (κ2) is 6.08. The smallest absolute Gasteiger partial charge is 0.343 e. The number of methoxy groups -OCH3 is 1. The van der Waals surface area contributed by atoms with Crippen LogP contribution in [0.25, 0.3) is 10.9 Å². The molecule has 5 nitrogen and oxygen atoms in total. The van der Waals surface area contributed by atoms with Crippen molar-refractivity contribution >= 4 is 16.9 Å². The van der Waals surface area contributed by atoms with Gasteiger partial charge in [-0.05, 0) is 18.9 Å². The number of fused-ring (bicyclic) bond motifs is 1. The van der Waals surface area contributed by atoms with Crippen molar-refractivity contribution in [1.82, 2.24) is 4.57 Å². The number of pyridine rings is 1. The van der Waals surface area contributed by atoms with Crippen LogP contribution in [0.4, 0.5) is 8.78 Å². The average Bonchev–Trinajstić information content (AvgIpc) is 3.34. The molecule has 0 saturated heterocycles. The molecule has 3 rings (SSSR count). The summed E-state index contributed by atoms with van der Waals surface area (Å²) in [6.07, 6.45) is 3.08. The first-order chi connectivity index (χ1) is 11.0. The van der Waals surface area contributed by atoms with Crippen LogP contribution in [0, 0.1) is 11.6 Å². The van der Waals surface area contributed by atoms with Crippen LogP contribution in [0.15, 0.2) is 23.1 Å². The van der Waals surface area contributed by atoms with Gasteiger partial charge in [-0.2, -0.15) is 0 Å². The summed E-state index contributed by atoms with van der Waals surface area (Å²) in [5.74, 6) is -2.95. The highest BCUT2D eigenvalue weighted by atomic mass is 19.2. The Morgan fingerprint density at radius 1 is 1.26 bits per heavy atom. The van der Waals surface area contributed by atoms with E-state index in [1.54, 1.807) is 4.57 Å². The number of halogens is 2. The standard InChI is InChI=1S/C16H15F2NO4/c1-22-4-5-23-16(21)11-8-19(9-2-3-9)14-7-13(18)12(17)6-10(14)15(11)20/h6-9H,2-5H2,1H3. The number of esters is 1. The van der Waals surface area contributed by atoms with Gasteiger partial charge in [-0.3, -0.25) is 4.79 Å².